The maximum Gasteiger partial charge on any atom is 0.150 e. The minimum Gasteiger partial charge on any atom is -0.376 e. The fourth-order valence-corrected chi connectivity index (χ4v) is 2.51. The first kappa shape index (κ1) is 10.1. The molecule has 14 heavy (non-hydrogen) atoms. The molecular weight excluding hydrogens is 180 g/mol. The van der Waals surface area contributed by atoms with Gasteiger partial charge in [-0.05, 0) is 19.8 Å². The number of aliphatic hydroxyl groups excluding tert-OH is 1. The second-order valence-corrected chi connectivity index (χ2v) is 4.36. The summed E-state index contributed by atoms with van der Waals surface area (Å²) < 4.78 is 0. The number of hydrogen-bond acceptors (Lipinski definition) is 4. The van der Waals surface area contributed by atoms with Gasteiger partial charge >= 0.3 is 0 Å². The minimum atomic E-state index is -0.716. The van der Waals surface area contributed by atoms with Gasteiger partial charge in [0.1, 0.15) is 12.3 Å². The number of ketones is 1. The molecule has 2 aliphatic rings. The maximum atomic E-state index is 11.2. The van der Waals surface area contributed by atoms with Gasteiger partial charge in [0.25, 0.3) is 0 Å². The Morgan fingerprint density at radius 1 is 1.21 bits per heavy atom. The predicted octanol–water partition coefficient (Wildman–Crippen LogP) is -0.234. The average Bonchev–Trinajstić information content (AvgIpc) is 2.16. The van der Waals surface area contributed by atoms with E-state index in [2.05, 4.69) is 10.6 Å². The number of aliphatic hydroxyl groups is 1. The van der Waals surface area contributed by atoms with Crippen LogP contribution in [0.2, 0.25) is 0 Å². The van der Waals surface area contributed by atoms with E-state index in [-0.39, 0.29) is 5.78 Å². The molecule has 1 saturated heterocycles. The molecule has 0 radical (unpaired) electrons. The summed E-state index contributed by atoms with van der Waals surface area (Å²) in [5.41, 5.74) is 0. The largest absolute Gasteiger partial charge is 0.376 e. The first-order valence-corrected chi connectivity index (χ1v) is 5.39. The molecule has 3 N–H and O–H groups in total. The van der Waals surface area contributed by atoms with Crippen molar-refractivity contribution in [2.75, 3.05) is 0 Å². The van der Waals surface area contributed by atoms with Crippen LogP contribution in [0.25, 0.3) is 0 Å². The van der Waals surface area contributed by atoms with Gasteiger partial charge in [0, 0.05) is 12.1 Å². The van der Waals surface area contributed by atoms with Crippen LogP contribution in [0, 0.1) is 0 Å². The van der Waals surface area contributed by atoms with Crippen LogP contribution in [0.4, 0.5) is 0 Å². The van der Waals surface area contributed by atoms with E-state index in [0.29, 0.717) is 12.1 Å². The summed E-state index contributed by atoms with van der Waals surface area (Å²) >= 11 is 0. The van der Waals surface area contributed by atoms with E-state index >= 15 is 0 Å². The molecule has 0 aromatic carbocycles. The van der Waals surface area contributed by atoms with Crippen LogP contribution in [0.15, 0.2) is 0 Å². The Labute approximate surface area is 84.1 Å². The number of carbonyl (C=O) groups is 1. The van der Waals surface area contributed by atoms with Crippen molar-refractivity contribution in [2.45, 2.75) is 57.0 Å². The molecule has 1 heterocycles. The zero-order valence-electron chi connectivity index (χ0n) is 8.49. The van der Waals surface area contributed by atoms with Crippen molar-refractivity contribution in [3.05, 3.63) is 0 Å². The predicted molar refractivity (Wildman–Crippen MR) is 52.8 cm³/mol. The summed E-state index contributed by atoms with van der Waals surface area (Å²) in [5.74, 6) is 0.00836. The molecule has 0 amide bonds. The van der Waals surface area contributed by atoms with Crippen molar-refractivity contribution >= 4 is 5.78 Å². The zero-order valence-corrected chi connectivity index (χ0v) is 8.49. The molecule has 0 aromatic heterocycles. The number of piperazine rings is 1. The highest BCUT2D eigenvalue weighted by Gasteiger charge is 2.37. The lowest BCUT2D eigenvalue weighted by Crippen LogP contribution is -2.68. The SMILES string of the molecule is CC(=O)C1NC2CCCCC2NC1O. The fraction of sp³-hybridized carbons (Fsp3) is 0.900. The van der Waals surface area contributed by atoms with E-state index in [9.17, 15) is 9.90 Å². The van der Waals surface area contributed by atoms with E-state index in [1.807, 2.05) is 0 Å². The Bertz CT molecular complexity index is 232. The minimum absolute atomic E-state index is 0.00836. The second kappa shape index (κ2) is 3.96. The third kappa shape index (κ3) is 1.82. The Balaban J connectivity index is 2.03. The molecule has 4 heteroatoms. The first-order valence-electron chi connectivity index (χ1n) is 5.39. The first-order chi connectivity index (χ1) is 6.68. The van der Waals surface area contributed by atoms with Gasteiger partial charge in [-0.1, -0.05) is 12.8 Å². The second-order valence-electron chi connectivity index (χ2n) is 4.36. The summed E-state index contributed by atoms with van der Waals surface area (Å²) in [6.45, 7) is 1.52. The van der Waals surface area contributed by atoms with Crippen molar-refractivity contribution < 1.29 is 9.90 Å². The molecule has 0 spiro atoms. The van der Waals surface area contributed by atoms with Crippen LogP contribution in [0.1, 0.15) is 32.6 Å². The summed E-state index contributed by atoms with van der Waals surface area (Å²) in [4.78, 5) is 11.2. The van der Waals surface area contributed by atoms with Gasteiger partial charge in [0.15, 0.2) is 5.78 Å². The van der Waals surface area contributed by atoms with Crippen LogP contribution >= 0.6 is 0 Å². The third-order valence-electron chi connectivity index (χ3n) is 3.30. The standard InChI is InChI=1S/C10H18N2O2/c1-6(13)9-10(14)12-8-5-3-2-4-7(8)11-9/h7-12,14H,2-5H2,1H3. The van der Waals surface area contributed by atoms with Crippen LogP contribution < -0.4 is 10.6 Å². The summed E-state index contributed by atoms with van der Waals surface area (Å²) in [6, 6.07) is 0.282. The molecule has 2 rings (SSSR count). The average molecular weight is 198 g/mol. The number of carbonyl (C=O) groups excluding carboxylic acids is 1. The zero-order chi connectivity index (χ0) is 10.1. The number of Topliss-reactive ketones (excluding diaryl/α,β-unsaturated/α-hetero) is 1. The van der Waals surface area contributed by atoms with Crippen molar-refractivity contribution in [3.8, 4) is 0 Å². The molecule has 1 saturated carbocycles. The van der Waals surface area contributed by atoms with E-state index < -0.39 is 12.3 Å². The van der Waals surface area contributed by atoms with Gasteiger partial charge in [-0.15, -0.1) is 0 Å². The molecule has 4 atom stereocenters. The topological polar surface area (TPSA) is 61.4 Å². The van der Waals surface area contributed by atoms with Crippen LogP contribution in [-0.4, -0.2) is 35.2 Å². The lowest BCUT2D eigenvalue weighted by Gasteiger charge is -2.43. The Hall–Kier alpha value is -0.450. The molecule has 2 fully saturated rings. The molecule has 1 aliphatic heterocycles. The highest BCUT2D eigenvalue weighted by atomic mass is 16.3. The van der Waals surface area contributed by atoms with Crippen molar-refractivity contribution in [1.82, 2.24) is 10.6 Å². The van der Waals surface area contributed by atoms with Gasteiger partial charge in [0.2, 0.25) is 0 Å². The highest BCUT2D eigenvalue weighted by Crippen LogP contribution is 2.22. The van der Waals surface area contributed by atoms with E-state index in [1.54, 1.807) is 0 Å². The summed E-state index contributed by atoms with van der Waals surface area (Å²) in [6.07, 6.45) is 3.92. The Morgan fingerprint density at radius 2 is 1.79 bits per heavy atom. The summed E-state index contributed by atoms with van der Waals surface area (Å²) in [5, 5.41) is 16.0. The lowest BCUT2D eigenvalue weighted by atomic mass is 9.87. The quantitative estimate of drug-likeness (QED) is 0.544. The Morgan fingerprint density at radius 3 is 2.36 bits per heavy atom. The molecule has 4 nitrogen and oxygen atoms in total. The van der Waals surface area contributed by atoms with Crippen LogP contribution in [0.3, 0.4) is 0 Å². The fourth-order valence-electron chi connectivity index (χ4n) is 2.51. The summed E-state index contributed by atoms with van der Waals surface area (Å²) in [7, 11) is 0. The monoisotopic (exact) mass is 198 g/mol. The van der Waals surface area contributed by atoms with E-state index in [1.165, 1.54) is 19.8 Å². The molecule has 0 bridgehead atoms. The molecule has 80 valence electrons. The molecule has 4 unspecified atom stereocenters. The van der Waals surface area contributed by atoms with Crippen molar-refractivity contribution in [2.24, 2.45) is 0 Å². The lowest BCUT2D eigenvalue weighted by molar-refractivity contribution is -0.124. The normalized spacial score (nSPS) is 43.0. The van der Waals surface area contributed by atoms with Gasteiger partial charge in [-0.3, -0.25) is 15.4 Å². The number of rotatable bonds is 1. The smallest absolute Gasteiger partial charge is 0.150 e. The van der Waals surface area contributed by atoms with Gasteiger partial charge in [-0.25, -0.2) is 0 Å². The van der Waals surface area contributed by atoms with Crippen LogP contribution in [-0.2, 0) is 4.79 Å². The van der Waals surface area contributed by atoms with Crippen LogP contribution in [0.5, 0.6) is 0 Å². The maximum absolute atomic E-state index is 11.2. The molecule has 1 aliphatic carbocycles. The molecule has 0 aromatic rings. The van der Waals surface area contributed by atoms with E-state index in [4.69, 9.17) is 0 Å². The number of nitrogens with one attached hydrogen (secondary N) is 2. The van der Waals surface area contributed by atoms with Gasteiger partial charge in [-0.2, -0.15) is 0 Å². The number of fused-ring (bicyclic) bond motifs is 1. The number of hydrogen-bond donors (Lipinski definition) is 3. The Kier molecular flexibility index (Phi) is 2.85. The molecular formula is C10H18N2O2. The van der Waals surface area contributed by atoms with Crippen molar-refractivity contribution in [1.29, 1.82) is 0 Å². The van der Waals surface area contributed by atoms with Crippen molar-refractivity contribution in [3.63, 3.8) is 0 Å². The highest BCUT2D eigenvalue weighted by molar-refractivity contribution is 5.82. The van der Waals surface area contributed by atoms with Gasteiger partial charge < -0.3 is 5.11 Å². The third-order valence-corrected chi connectivity index (χ3v) is 3.30. The van der Waals surface area contributed by atoms with E-state index in [0.717, 1.165) is 12.8 Å². The van der Waals surface area contributed by atoms with Gasteiger partial charge in [0.05, 0.1) is 0 Å².